The number of methoxy groups -OCH3 is 1. The van der Waals surface area contributed by atoms with E-state index in [9.17, 15) is 9.59 Å². The minimum absolute atomic E-state index is 0.0749. The highest BCUT2D eigenvalue weighted by Crippen LogP contribution is 2.38. The summed E-state index contributed by atoms with van der Waals surface area (Å²) in [6, 6.07) is 8.22. The topological polar surface area (TPSA) is 87.9 Å². The zero-order valence-electron chi connectivity index (χ0n) is 18.0. The van der Waals surface area contributed by atoms with Crippen molar-refractivity contribution < 1.29 is 14.3 Å². The number of nitrogens with one attached hydrogen (secondary N) is 1. The Morgan fingerprint density at radius 3 is 2.48 bits per heavy atom. The zero-order chi connectivity index (χ0) is 21.8. The van der Waals surface area contributed by atoms with Gasteiger partial charge in [-0.1, -0.05) is 12.1 Å². The molecule has 0 saturated carbocycles. The van der Waals surface area contributed by atoms with Crippen LogP contribution in [-0.4, -0.2) is 68.0 Å². The second-order valence-electron chi connectivity index (χ2n) is 8.19. The van der Waals surface area contributed by atoms with Crippen LogP contribution in [0.5, 0.6) is 5.75 Å². The maximum absolute atomic E-state index is 12.6. The lowest BCUT2D eigenvalue weighted by atomic mass is 10.1. The summed E-state index contributed by atoms with van der Waals surface area (Å²) in [7, 11) is 1.68. The number of thiophene rings is 1. The average molecular weight is 443 g/mol. The summed E-state index contributed by atoms with van der Waals surface area (Å²) in [6.07, 6.45) is 3.90. The van der Waals surface area contributed by atoms with Gasteiger partial charge < -0.3 is 20.7 Å². The molecule has 1 aromatic carbocycles. The number of primary amides is 1. The fourth-order valence-electron chi connectivity index (χ4n) is 4.37. The largest absolute Gasteiger partial charge is 0.497 e. The Hall–Kier alpha value is -2.42. The molecule has 2 heterocycles. The monoisotopic (exact) mass is 442 g/mol. The number of ether oxygens (including phenoxy) is 1. The lowest BCUT2D eigenvalue weighted by molar-refractivity contribution is -0.117. The standard InChI is InChI=1S/C23H30N4O3S/c1-30-17-7-5-16(6-8-17)9-10-26-11-13-27(14-12-26)15-20(28)25-23-21(22(24)29)18-3-2-4-19(18)31-23/h5-8H,2-4,9-15H2,1H3,(H2,24,29)(H,25,28). The molecule has 166 valence electrons. The van der Waals surface area contributed by atoms with Gasteiger partial charge in [-0.15, -0.1) is 11.3 Å². The second-order valence-corrected chi connectivity index (χ2v) is 9.29. The van der Waals surface area contributed by atoms with Crippen molar-refractivity contribution in [2.75, 3.05) is 51.7 Å². The van der Waals surface area contributed by atoms with Gasteiger partial charge >= 0.3 is 0 Å². The molecule has 8 heteroatoms. The molecule has 0 bridgehead atoms. The lowest BCUT2D eigenvalue weighted by Gasteiger charge is -2.34. The molecule has 0 radical (unpaired) electrons. The molecule has 3 N–H and O–H groups in total. The van der Waals surface area contributed by atoms with Gasteiger partial charge in [-0.05, 0) is 48.9 Å². The van der Waals surface area contributed by atoms with Gasteiger partial charge in [0.25, 0.3) is 5.91 Å². The van der Waals surface area contributed by atoms with Crippen LogP contribution >= 0.6 is 11.3 Å². The van der Waals surface area contributed by atoms with Gasteiger partial charge in [0.1, 0.15) is 10.8 Å². The van der Waals surface area contributed by atoms with Gasteiger partial charge in [-0.2, -0.15) is 0 Å². The van der Waals surface area contributed by atoms with E-state index in [1.165, 1.54) is 21.8 Å². The molecule has 7 nitrogen and oxygen atoms in total. The molecule has 2 aromatic rings. The first-order chi connectivity index (χ1) is 15.0. The molecule has 2 aliphatic rings. The molecule has 1 aromatic heterocycles. The number of nitrogens with two attached hydrogens (primary N) is 1. The fourth-order valence-corrected chi connectivity index (χ4v) is 5.68. The van der Waals surface area contributed by atoms with E-state index in [0.717, 1.165) is 69.7 Å². The summed E-state index contributed by atoms with van der Waals surface area (Å²) in [5, 5.41) is 3.57. The molecular weight excluding hydrogens is 412 g/mol. The Morgan fingerprint density at radius 2 is 1.81 bits per heavy atom. The van der Waals surface area contributed by atoms with E-state index in [1.54, 1.807) is 7.11 Å². The van der Waals surface area contributed by atoms with Crippen molar-refractivity contribution >= 4 is 28.2 Å². The van der Waals surface area contributed by atoms with Gasteiger partial charge in [0, 0.05) is 37.6 Å². The van der Waals surface area contributed by atoms with Gasteiger partial charge in [0.2, 0.25) is 5.91 Å². The summed E-state index contributed by atoms with van der Waals surface area (Å²) in [5.74, 6) is 0.361. The van der Waals surface area contributed by atoms with Crippen molar-refractivity contribution in [3.05, 3.63) is 45.8 Å². The molecule has 1 aliphatic carbocycles. The SMILES string of the molecule is COc1ccc(CCN2CCN(CC(=O)Nc3sc4c(c3C(N)=O)CCC4)CC2)cc1. The summed E-state index contributed by atoms with van der Waals surface area (Å²) < 4.78 is 5.21. The van der Waals surface area contributed by atoms with E-state index in [2.05, 4.69) is 27.2 Å². The van der Waals surface area contributed by atoms with Gasteiger partial charge in [0.15, 0.2) is 0 Å². The van der Waals surface area contributed by atoms with Crippen LogP contribution in [-0.2, 0) is 24.1 Å². The quantitative estimate of drug-likeness (QED) is 0.654. The summed E-state index contributed by atoms with van der Waals surface area (Å²) in [5.41, 5.74) is 8.45. The van der Waals surface area contributed by atoms with Crippen LogP contribution in [0.4, 0.5) is 5.00 Å². The number of aryl methyl sites for hydroxylation is 1. The molecule has 0 unspecified atom stereocenters. The Balaban J connectivity index is 1.23. The molecule has 0 spiro atoms. The Kier molecular flexibility index (Phi) is 6.89. The normalized spacial score (nSPS) is 16.8. The Labute approximate surface area is 187 Å². The van der Waals surface area contributed by atoms with E-state index in [4.69, 9.17) is 10.5 Å². The van der Waals surface area contributed by atoms with Crippen molar-refractivity contribution in [1.29, 1.82) is 0 Å². The van der Waals surface area contributed by atoms with Crippen LogP contribution in [0, 0.1) is 0 Å². The third kappa shape index (κ3) is 5.26. The first-order valence-corrected chi connectivity index (χ1v) is 11.7. The molecule has 1 fully saturated rings. The third-order valence-corrected chi connectivity index (χ3v) is 7.34. The number of benzene rings is 1. The Morgan fingerprint density at radius 1 is 1.10 bits per heavy atom. The lowest BCUT2D eigenvalue weighted by Crippen LogP contribution is -2.49. The molecule has 0 atom stereocenters. The number of anilines is 1. The summed E-state index contributed by atoms with van der Waals surface area (Å²) in [4.78, 5) is 30.3. The van der Waals surface area contributed by atoms with E-state index in [-0.39, 0.29) is 5.91 Å². The first kappa shape index (κ1) is 21.8. The molecule has 1 saturated heterocycles. The van der Waals surface area contributed by atoms with Gasteiger partial charge in [0.05, 0.1) is 19.2 Å². The smallest absolute Gasteiger partial charge is 0.251 e. The number of hydrogen-bond acceptors (Lipinski definition) is 6. The first-order valence-electron chi connectivity index (χ1n) is 10.9. The van der Waals surface area contributed by atoms with Crippen molar-refractivity contribution in [2.45, 2.75) is 25.7 Å². The molecule has 31 heavy (non-hydrogen) atoms. The van der Waals surface area contributed by atoms with Crippen molar-refractivity contribution in [3.8, 4) is 5.75 Å². The van der Waals surface area contributed by atoms with Gasteiger partial charge in [-0.25, -0.2) is 0 Å². The number of piperazine rings is 1. The fraction of sp³-hybridized carbons (Fsp3) is 0.478. The maximum Gasteiger partial charge on any atom is 0.251 e. The van der Waals surface area contributed by atoms with E-state index in [0.29, 0.717) is 17.1 Å². The number of amides is 2. The van der Waals surface area contributed by atoms with Crippen molar-refractivity contribution in [2.24, 2.45) is 5.73 Å². The van der Waals surface area contributed by atoms with E-state index >= 15 is 0 Å². The van der Waals surface area contributed by atoms with Crippen LogP contribution in [0.25, 0.3) is 0 Å². The van der Waals surface area contributed by atoms with Crippen molar-refractivity contribution in [3.63, 3.8) is 0 Å². The van der Waals surface area contributed by atoms with E-state index < -0.39 is 5.91 Å². The number of carbonyl (C=O) groups excluding carboxylic acids is 2. The predicted molar refractivity (Wildman–Crippen MR) is 123 cm³/mol. The zero-order valence-corrected chi connectivity index (χ0v) is 18.8. The predicted octanol–water partition coefficient (Wildman–Crippen LogP) is 2.14. The Bertz CT molecular complexity index is 933. The summed E-state index contributed by atoms with van der Waals surface area (Å²) >= 11 is 1.51. The molecule has 1 aliphatic heterocycles. The highest BCUT2D eigenvalue weighted by Gasteiger charge is 2.27. The number of carbonyl (C=O) groups is 2. The molecule has 4 rings (SSSR count). The minimum atomic E-state index is -0.444. The van der Waals surface area contributed by atoms with E-state index in [1.807, 2.05) is 12.1 Å². The second kappa shape index (κ2) is 9.80. The maximum atomic E-state index is 12.6. The third-order valence-electron chi connectivity index (χ3n) is 6.13. The van der Waals surface area contributed by atoms with Gasteiger partial charge in [-0.3, -0.25) is 14.5 Å². The number of hydrogen-bond donors (Lipinski definition) is 2. The number of rotatable bonds is 8. The minimum Gasteiger partial charge on any atom is -0.497 e. The molecular formula is C23H30N4O3S. The van der Waals surface area contributed by atoms with Crippen molar-refractivity contribution in [1.82, 2.24) is 9.80 Å². The molecule has 2 amide bonds. The van der Waals surface area contributed by atoms with Crippen LogP contribution in [0.3, 0.4) is 0 Å². The average Bonchev–Trinajstić information content (AvgIpc) is 3.34. The van der Waals surface area contributed by atoms with Crippen LogP contribution in [0.15, 0.2) is 24.3 Å². The highest BCUT2D eigenvalue weighted by atomic mass is 32.1. The number of nitrogens with zero attached hydrogens (tertiary/aromatic N) is 2. The number of fused-ring (bicyclic) bond motifs is 1. The van der Waals surface area contributed by atoms with Crippen LogP contribution in [0.2, 0.25) is 0 Å². The van der Waals surface area contributed by atoms with Crippen LogP contribution in [0.1, 0.15) is 32.8 Å². The van der Waals surface area contributed by atoms with Crippen LogP contribution < -0.4 is 15.8 Å². The summed E-state index contributed by atoms with van der Waals surface area (Å²) in [6.45, 7) is 4.97. The highest BCUT2D eigenvalue weighted by molar-refractivity contribution is 7.17.